The topological polar surface area (TPSA) is 122 Å². The molecule has 0 bridgehead atoms. The highest BCUT2D eigenvalue weighted by Gasteiger charge is 2.14. The summed E-state index contributed by atoms with van der Waals surface area (Å²) in [5, 5.41) is 15.2. The zero-order valence-electron chi connectivity index (χ0n) is 22.9. The number of nitro groups is 1. The third-order valence-corrected chi connectivity index (χ3v) is 6.19. The smallest absolute Gasteiger partial charge is 0.271 e. The minimum Gasteiger partial charge on any atom is -0.493 e. The van der Waals surface area contributed by atoms with Gasteiger partial charge in [0.25, 0.3) is 11.6 Å². The van der Waals surface area contributed by atoms with E-state index in [1.807, 2.05) is 37.3 Å². The van der Waals surface area contributed by atoms with Crippen molar-refractivity contribution in [3.63, 3.8) is 0 Å². The van der Waals surface area contributed by atoms with Crippen molar-refractivity contribution in [2.75, 3.05) is 13.7 Å². The molecule has 0 unspecified atom stereocenters. The Morgan fingerprint density at radius 3 is 2.31 bits per heavy atom. The first-order valence-corrected chi connectivity index (χ1v) is 13.3. The number of rotatable bonds is 13. The number of hydrogen-bond acceptors (Lipinski definition) is 8. The van der Waals surface area contributed by atoms with Crippen molar-refractivity contribution in [3.8, 4) is 23.0 Å². The van der Waals surface area contributed by atoms with E-state index >= 15 is 0 Å². The average Bonchev–Trinajstić information content (AvgIpc) is 3.00. The van der Waals surface area contributed by atoms with Crippen molar-refractivity contribution in [2.24, 2.45) is 5.10 Å². The van der Waals surface area contributed by atoms with E-state index in [0.29, 0.717) is 47.3 Å². The molecule has 0 fully saturated rings. The molecule has 0 aliphatic rings. The zero-order chi connectivity index (χ0) is 29.9. The molecule has 1 amide bonds. The lowest BCUT2D eigenvalue weighted by Crippen LogP contribution is -2.17. The summed E-state index contributed by atoms with van der Waals surface area (Å²) >= 11 is 6.44. The number of amides is 1. The third kappa shape index (κ3) is 7.98. The molecular weight excluding hydrogens is 562 g/mol. The van der Waals surface area contributed by atoms with E-state index in [0.717, 1.165) is 11.1 Å². The van der Waals surface area contributed by atoms with E-state index in [4.69, 9.17) is 30.5 Å². The molecule has 4 aromatic rings. The van der Waals surface area contributed by atoms with E-state index in [1.54, 1.807) is 42.5 Å². The van der Waals surface area contributed by atoms with Crippen molar-refractivity contribution in [1.82, 2.24) is 5.43 Å². The van der Waals surface area contributed by atoms with Crippen LogP contribution in [-0.2, 0) is 13.2 Å². The van der Waals surface area contributed by atoms with Crippen LogP contribution < -0.4 is 24.4 Å². The SMILES string of the molecule is CCOc1cc(C(=O)N/N=C/c2cc(Cl)c(OCc3ccc([N+](=O)[O-])cc3)c(OC)c2)ccc1OCc1ccccc1. The van der Waals surface area contributed by atoms with Gasteiger partial charge in [-0.2, -0.15) is 5.10 Å². The Kier molecular flexibility index (Phi) is 10.3. The molecule has 0 heterocycles. The lowest BCUT2D eigenvalue weighted by Gasteiger charge is -2.13. The van der Waals surface area contributed by atoms with Crippen LogP contribution >= 0.6 is 11.6 Å². The highest BCUT2D eigenvalue weighted by molar-refractivity contribution is 6.32. The number of methoxy groups -OCH3 is 1. The van der Waals surface area contributed by atoms with Crippen LogP contribution in [0.4, 0.5) is 5.69 Å². The van der Waals surface area contributed by atoms with Gasteiger partial charge in [0.15, 0.2) is 23.0 Å². The summed E-state index contributed by atoms with van der Waals surface area (Å²) in [6.07, 6.45) is 1.42. The second kappa shape index (κ2) is 14.5. The average molecular weight is 590 g/mol. The number of benzene rings is 4. The van der Waals surface area contributed by atoms with Crippen LogP contribution in [-0.4, -0.2) is 30.8 Å². The maximum Gasteiger partial charge on any atom is 0.271 e. The number of hydrogen-bond donors (Lipinski definition) is 1. The number of nitro benzene ring substituents is 1. The van der Waals surface area contributed by atoms with Gasteiger partial charge in [-0.25, -0.2) is 5.43 Å². The molecule has 1 N–H and O–H groups in total. The van der Waals surface area contributed by atoms with E-state index in [2.05, 4.69) is 10.5 Å². The minimum absolute atomic E-state index is 0.00954. The molecule has 0 saturated carbocycles. The molecule has 0 atom stereocenters. The standard InChI is InChI=1S/C31H28ClN3O7/c1-3-40-28-17-24(11-14-27(28)41-19-21-7-5-4-6-8-21)31(36)34-33-18-23-15-26(32)30(29(16-23)39-2)42-20-22-9-12-25(13-10-22)35(37)38/h4-18H,3,19-20H2,1-2H3,(H,34,36)/b33-18+. The van der Waals surface area contributed by atoms with E-state index < -0.39 is 10.8 Å². The van der Waals surface area contributed by atoms with Crippen molar-refractivity contribution in [1.29, 1.82) is 0 Å². The Balaban J connectivity index is 1.39. The number of non-ortho nitro benzene ring substituents is 1. The maximum atomic E-state index is 12.8. The van der Waals surface area contributed by atoms with Crippen LogP contribution in [0.2, 0.25) is 5.02 Å². The predicted octanol–water partition coefficient (Wildman–Crippen LogP) is 6.58. The summed E-state index contributed by atoms with van der Waals surface area (Å²) in [7, 11) is 1.47. The van der Waals surface area contributed by atoms with E-state index in [9.17, 15) is 14.9 Å². The summed E-state index contributed by atoms with van der Waals surface area (Å²) in [5.41, 5.74) is 5.11. The van der Waals surface area contributed by atoms with Gasteiger partial charge in [0.1, 0.15) is 13.2 Å². The third-order valence-electron chi connectivity index (χ3n) is 5.90. The number of nitrogens with one attached hydrogen (secondary N) is 1. The number of hydrazone groups is 1. The minimum atomic E-state index is -0.468. The highest BCUT2D eigenvalue weighted by Crippen LogP contribution is 2.36. The Labute approximate surface area is 247 Å². The first-order valence-electron chi connectivity index (χ1n) is 12.9. The fourth-order valence-electron chi connectivity index (χ4n) is 3.83. The van der Waals surface area contributed by atoms with Crippen molar-refractivity contribution < 1.29 is 28.7 Å². The van der Waals surface area contributed by atoms with Gasteiger partial charge in [0.05, 0.1) is 29.9 Å². The van der Waals surface area contributed by atoms with Gasteiger partial charge in [0, 0.05) is 17.7 Å². The summed E-state index contributed by atoms with van der Waals surface area (Å²) in [4.78, 5) is 23.2. The van der Waals surface area contributed by atoms with E-state index in [-0.39, 0.29) is 17.3 Å². The fourth-order valence-corrected chi connectivity index (χ4v) is 4.10. The molecule has 0 saturated heterocycles. The molecule has 11 heteroatoms. The molecular formula is C31H28ClN3O7. The number of carbonyl (C=O) groups is 1. The van der Waals surface area contributed by atoms with Crippen LogP contribution in [0, 0.1) is 10.1 Å². The van der Waals surface area contributed by atoms with Crippen LogP contribution in [0.15, 0.2) is 90.0 Å². The summed E-state index contributed by atoms with van der Waals surface area (Å²) < 4.78 is 22.8. The first kappa shape index (κ1) is 29.9. The molecule has 10 nitrogen and oxygen atoms in total. The van der Waals surface area contributed by atoms with Gasteiger partial charge >= 0.3 is 0 Å². The number of ether oxygens (including phenoxy) is 4. The Morgan fingerprint density at radius 1 is 0.905 bits per heavy atom. The number of halogens is 1. The molecule has 4 aromatic carbocycles. The summed E-state index contributed by atoms with van der Waals surface area (Å²) in [6.45, 7) is 2.74. The van der Waals surface area contributed by atoms with Crippen molar-refractivity contribution in [3.05, 3.63) is 122 Å². The predicted molar refractivity (Wildman–Crippen MR) is 159 cm³/mol. The Hall–Kier alpha value is -5.09. The molecule has 0 aliphatic carbocycles. The van der Waals surface area contributed by atoms with Gasteiger partial charge in [0.2, 0.25) is 0 Å². The molecule has 42 heavy (non-hydrogen) atoms. The lowest BCUT2D eigenvalue weighted by atomic mass is 10.2. The van der Waals surface area contributed by atoms with Crippen LogP contribution in [0.25, 0.3) is 0 Å². The zero-order valence-corrected chi connectivity index (χ0v) is 23.7. The Morgan fingerprint density at radius 2 is 1.62 bits per heavy atom. The van der Waals surface area contributed by atoms with Gasteiger partial charge in [-0.1, -0.05) is 41.9 Å². The molecule has 0 aliphatic heterocycles. The summed E-state index contributed by atoms with van der Waals surface area (Å²) in [6, 6.07) is 23.9. The largest absolute Gasteiger partial charge is 0.493 e. The number of nitrogens with zero attached hydrogens (tertiary/aromatic N) is 2. The first-order chi connectivity index (χ1) is 20.4. The van der Waals surface area contributed by atoms with Crippen LogP contribution in [0.5, 0.6) is 23.0 Å². The summed E-state index contributed by atoms with van der Waals surface area (Å²) in [5.74, 6) is 1.19. The van der Waals surface area contributed by atoms with E-state index in [1.165, 1.54) is 25.5 Å². The second-order valence-electron chi connectivity index (χ2n) is 8.81. The van der Waals surface area contributed by atoms with Crippen LogP contribution in [0.1, 0.15) is 34.0 Å². The van der Waals surface area contributed by atoms with Gasteiger partial charge < -0.3 is 18.9 Å². The quantitative estimate of drug-likeness (QED) is 0.106. The van der Waals surface area contributed by atoms with Gasteiger partial charge in [-0.15, -0.1) is 0 Å². The monoisotopic (exact) mass is 589 g/mol. The van der Waals surface area contributed by atoms with Gasteiger partial charge in [-0.3, -0.25) is 14.9 Å². The van der Waals surface area contributed by atoms with Crippen LogP contribution in [0.3, 0.4) is 0 Å². The molecule has 4 rings (SSSR count). The van der Waals surface area contributed by atoms with Crippen molar-refractivity contribution >= 4 is 29.4 Å². The van der Waals surface area contributed by atoms with Crippen molar-refractivity contribution in [2.45, 2.75) is 20.1 Å². The second-order valence-corrected chi connectivity index (χ2v) is 9.22. The van der Waals surface area contributed by atoms with Gasteiger partial charge in [-0.05, 0) is 66.1 Å². The molecule has 0 radical (unpaired) electrons. The highest BCUT2D eigenvalue weighted by atomic mass is 35.5. The fraction of sp³-hybridized carbons (Fsp3) is 0.161. The molecule has 216 valence electrons. The molecule has 0 spiro atoms. The number of carbonyl (C=O) groups excluding carboxylic acids is 1. The Bertz CT molecular complexity index is 1560. The molecule has 0 aromatic heterocycles. The maximum absolute atomic E-state index is 12.8. The lowest BCUT2D eigenvalue weighted by molar-refractivity contribution is -0.384. The normalized spacial score (nSPS) is 10.7.